The molecule has 144 valence electrons. The number of alkyl carbamates (subject to hydrolysis) is 1. The molecule has 1 rings (SSSR count). The van der Waals surface area contributed by atoms with Crippen molar-refractivity contribution >= 4 is 17.8 Å². The molecule has 0 unspecified atom stereocenters. The van der Waals surface area contributed by atoms with Crippen LogP contribution in [0.4, 0.5) is 4.79 Å². The average molecular weight is 365 g/mol. The Labute approximate surface area is 154 Å². The zero-order chi connectivity index (χ0) is 19.6. The van der Waals surface area contributed by atoms with Crippen LogP contribution in [0.15, 0.2) is 30.3 Å². The Morgan fingerprint density at radius 3 is 2.35 bits per heavy atom. The summed E-state index contributed by atoms with van der Waals surface area (Å²) in [7, 11) is 0. The van der Waals surface area contributed by atoms with Crippen molar-refractivity contribution in [2.45, 2.75) is 52.4 Å². The highest BCUT2D eigenvalue weighted by molar-refractivity contribution is 5.99. The highest BCUT2D eigenvalue weighted by Crippen LogP contribution is 2.08. The minimum atomic E-state index is -1.00. The fraction of sp³-hybridized carbons (Fsp3) is 0.526. The van der Waals surface area contributed by atoms with Gasteiger partial charge in [0.15, 0.2) is 5.78 Å². The van der Waals surface area contributed by atoms with Crippen LogP contribution in [-0.2, 0) is 30.4 Å². The lowest BCUT2D eigenvalue weighted by molar-refractivity contribution is -0.146. The summed E-state index contributed by atoms with van der Waals surface area (Å²) in [6, 6.07) is 8.41. The highest BCUT2D eigenvalue weighted by Gasteiger charge is 2.26. The zero-order valence-electron chi connectivity index (χ0n) is 15.7. The van der Waals surface area contributed by atoms with Gasteiger partial charge in [0.2, 0.25) is 0 Å². The molecule has 1 aromatic rings. The lowest BCUT2D eigenvalue weighted by Gasteiger charge is -2.23. The topological polar surface area (TPSA) is 90.9 Å². The Morgan fingerprint density at radius 1 is 1.12 bits per heavy atom. The van der Waals surface area contributed by atoms with E-state index in [0.717, 1.165) is 5.56 Å². The Bertz CT molecular complexity index is 594. The quantitative estimate of drug-likeness (QED) is 0.534. The first kappa shape index (κ1) is 21.6. The van der Waals surface area contributed by atoms with Crippen LogP contribution in [0.5, 0.6) is 0 Å². The van der Waals surface area contributed by atoms with Gasteiger partial charge in [0.25, 0.3) is 0 Å². The Kier molecular flexibility index (Phi) is 8.78. The molecule has 0 heterocycles. The van der Waals surface area contributed by atoms with Crippen molar-refractivity contribution < 1.29 is 28.6 Å². The van der Waals surface area contributed by atoms with Crippen LogP contribution >= 0.6 is 0 Å². The van der Waals surface area contributed by atoms with Gasteiger partial charge in [-0.05, 0) is 33.3 Å². The van der Waals surface area contributed by atoms with Gasteiger partial charge in [0.1, 0.15) is 18.1 Å². The van der Waals surface area contributed by atoms with E-state index in [0.29, 0.717) is 0 Å². The van der Waals surface area contributed by atoms with Crippen LogP contribution in [0.25, 0.3) is 0 Å². The van der Waals surface area contributed by atoms with E-state index in [-0.39, 0.29) is 19.8 Å². The molecule has 0 aromatic heterocycles. The molecule has 0 aliphatic carbocycles. The van der Waals surface area contributed by atoms with Crippen LogP contribution in [0.3, 0.4) is 0 Å². The van der Waals surface area contributed by atoms with Crippen LogP contribution in [0, 0.1) is 0 Å². The maximum absolute atomic E-state index is 12.3. The molecule has 7 heteroatoms. The van der Waals surface area contributed by atoms with Crippen molar-refractivity contribution in [3.05, 3.63) is 35.9 Å². The summed E-state index contributed by atoms with van der Waals surface area (Å²) in [6.07, 6.45) is -1.19. The van der Waals surface area contributed by atoms with Crippen molar-refractivity contribution in [3.8, 4) is 0 Å². The average Bonchev–Trinajstić information content (AvgIpc) is 2.53. The van der Waals surface area contributed by atoms with E-state index in [1.165, 1.54) is 0 Å². The standard InChI is InChI=1S/C19H27NO6/c1-5-25-17(22)11-16(21)15(20-18(23)26-19(2,3)4)13-24-12-14-9-7-6-8-10-14/h6-10,15H,5,11-13H2,1-4H3,(H,20,23)/t15-/m0/s1. The van der Waals surface area contributed by atoms with Crippen molar-refractivity contribution in [3.63, 3.8) is 0 Å². The first-order valence-electron chi connectivity index (χ1n) is 8.50. The lowest BCUT2D eigenvalue weighted by atomic mass is 10.1. The van der Waals surface area contributed by atoms with Gasteiger partial charge in [-0.15, -0.1) is 0 Å². The molecule has 0 aliphatic heterocycles. The summed E-state index contributed by atoms with van der Waals surface area (Å²) in [6.45, 7) is 7.19. The number of hydrogen-bond donors (Lipinski definition) is 1. The first-order chi connectivity index (χ1) is 12.2. The molecule has 0 saturated heterocycles. The minimum Gasteiger partial charge on any atom is -0.466 e. The molecule has 7 nitrogen and oxygen atoms in total. The van der Waals surface area contributed by atoms with E-state index >= 15 is 0 Å². The third-order valence-electron chi connectivity index (χ3n) is 3.10. The first-order valence-corrected chi connectivity index (χ1v) is 8.50. The number of carbonyl (C=O) groups excluding carboxylic acids is 3. The number of benzene rings is 1. The van der Waals surface area contributed by atoms with Gasteiger partial charge in [0.05, 0.1) is 19.8 Å². The number of hydrogen-bond acceptors (Lipinski definition) is 6. The van der Waals surface area contributed by atoms with Crippen LogP contribution in [0.2, 0.25) is 0 Å². The van der Waals surface area contributed by atoms with Crippen molar-refractivity contribution in [1.29, 1.82) is 0 Å². The Balaban J connectivity index is 2.65. The van der Waals surface area contributed by atoms with Crippen LogP contribution < -0.4 is 5.32 Å². The summed E-state index contributed by atoms with van der Waals surface area (Å²) < 4.78 is 15.5. The molecule has 1 N–H and O–H groups in total. The SMILES string of the molecule is CCOC(=O)CC(=O)[C@H](COCc1ccccc1)NC(=O)OC(C)(C)C. The van der Waals surface area contributed by atoms with E-state index in [1.807, 2.05) is 30.3 Å². The molecule has 1 amide bonds. The summed E-state index contributed by atoms with van der Waals surface area (Å²) in [5, 5.41) is 2.46. The maximum atomic E-state index is 12.3. The summed E-state index contributed by atoms with van der Waals surface area (Å²) in [5.74, 6) is -1.14. The fourth-order valence-corrected chi connectivity index (χ4v) is 2.01. The maximum Gasteiger partial charge on any atom is 0.408 e. The second kappa shape index (κ2) is 10.6. The highest BCUT2D eigenvalue weighted by atomic mass is 16.6. The molecular weight excluding hydrogens is 338 g/mol. The lowest BCUT2D eigenvalue weighted by Crippen LogP contribution is -2.46. The van der Waals surface area contributed by atoms with Gasteiger partial charge >= 0.3 is 12.1 Å². The molecule has 26 heavy (non-hydrogen) atoms. The molecule has 0 radical (unpaired) electrons. The molecular formula is C19H27NO6. The molecule has 0 spiro atoms. The van der Waals surface area contributed by atoms with E-state index in [2.05, 4.69) is 5.32 Å². The third kappa shape index (κ3) is 9.17. The summed E-state index contributed by atoms with van der Waals surface area (Å²) >= 11 is 0. The molecule has 1 aromatic carbocycles. The number of rotatable bonds is 9. The van der Waals surface area contributed by atoms with E-state index < -0.39 is 35.9 Å². The predicted octanol–water partition coefficient (Wildman–Crippen LogP) is 2.62. The van der Waals surface area contributed by atoms with Crippen molar-refractivity contribution in [1.82, 2.24) is 5.32 Å². The number of ketones is 1. The smallest absolute Gasteiger partial charge is 0.408 e. The zero-order valence-corrected chi connectivity index (χ0v) is 15.7. The minimum absolute atomic E-state index is 0.0770. The van der Waals surface area contributed by atoms with E-state index in [1.54, 1.807) is 27.7 Å². The van der Waals surface area contributed by atoms with Gasteiger partial charge in [-0.2, -0.15) is 0 Å². The van der Waals surface area contributed by atoms with Gasteiger partial charge in [-0.25, -0.2) is 4.79 Å². The number of Topliss-reactive ketones (excluding diaryl/α,β-unsaturated/α-hetero) is 1. The Hall–Kier alpha value is -2.41. The predicted molar refractivity (Wildman–Crippen MR) is 95.5 cm³/mol. The Morgan fingerprint density at radius 2 is 1.77 bits per heavy atom. The molecule has 1 atom stereocenters. The molecule has 0 aliphatic rings. The number of nitrogens with one attached hydrogen (secondary N) is 1. The summed E-state index contributed by atoms with van der Waals surface area (Å²) in [4.78, 5) is 35.8. The van der Waals surface area contributed by atoms with E-state index in [9.17, 15) is 14.4 Å². The normalized spacial score (nSPS) is 12.2. The van der Waals surface area contributed by atoms with Crippen molar-refractivity contribution in [2.24, 2.45) is 0 Å². The summed E-state index contributed by atoms with van der Waals surface area (Å²) in [5.41, 5.74) is 0.227. The second-order valence-corrected chi connectivity index (χ2v) is 6.65. The monoisotopic (exact) mass is 365 g/mol. The fourth-order valence-electron chi connectivity index (χ4n) is 2.01. The molecule has 0 bridgehead atoms. The number of esters is 1. The largest absolute Gasteiger partial charge is 0.466 e. The van der Waals surface area contributed by atoms with Crippen molar-refractivity contribution in [2.75, 3.05) is 13.2 Å². The number of carbonyl (C=O) groups is 3. The van der Waals surface area contributed by atoms with Gasteiger partial charge in [0, 0.05) is 0 Å². The van der Waals surface area contributed by atoms with E-state index in [4.69, 9.17) is 14.2 Å². The molecule has 0 saturated carbocycles. The molecule has 0 fully saturated rings. The third-order valence-corrected chi connectivity index (χ3v) is 3.10. The van der Waals surface area contributed by atoms with Gasteiger partial charge in [-0.3, -0.25) is 9.59 Å². The van der Waals surface area contributed by atoms with Crippen LogP contribution in [0.1, 0.15) is 39.7 Å². The van der Waals surface area contributed by atoms with Gasteiger partial charge < -0.3 is 19.5 Å². The number of amides is 1. The second-order valence-electron chi connectivity index (χ2n) is 6.65. The van der Waals surface area contributed by atoms with Crippen LogP contribution in [-0.4, -0.2) is 42.7 Å². The van der Waals surface area contributed by atoms with Gasteiger partial charge in [-0.1, -0.05) is 30.3 Å². The number of ether oxygens (including phenoxy) is 3.